The number of carbonyl (C=O) groups is 1. The molecule has 0 atom stereocenters. The van der Waals surface area contributed by atoms with E-state index in [1.807, 2.05) is 0 Å². The Morgan fingerprint density at radius 3 is 2.72 bits per heavy atom. The minimum absolute atomic E-state index is 0.0489. The van der Waals surface area contributed by atoms with Gasteiger partial charge in [0.25, 0.3) is 0 Å². The molecule has 0 aliphatic rings. The van der Waals surface area contributed by atoms with E-state index in [0.29, 0.717) is 13.2 Å². The molecule has 0 aliphatic carbocycles. The molecule has 0 aliphatic heterocycles. The molecule has 0 aromatic heterocycles. The number of benzene rings is 1. The summed E-state index contributed by atoms with van der Waals surface area (Å²) in [6.07, 6.45) is 3.29. The maximum absolute atomic E-state index is 13.6. The zero-order valence-electron chi connectivity index (χ0n) is 10.9. The first kappa shape index (κ1) is 14.6. The van der Waals surface area contributed by atoms with Crippen molar-refractivity contribution in [2.75, 3.05) is 13.7 Å². The van der Waals surface area contributed by atoms with Gasteiger partial charge < -0.3 is 9.47 Å². The van der Waals surface area contributed by atoms with Gasteiger partial charge in [0.2, 0.25) is 0 Å². The van der Waals surface area contributed by atoms with Crippen LogP contribution in [0.3, 0.4) is 0 Å². The van der Waals surface area contributed by atoms with E-state index in [4.69, 9.17) is 4.74 Å². The fourth-order valence-corrected chi connectivity index (χ4v) is 1.57. The molecule has 0 heterocycles. The molecule has 4 heteroatoms. The number of esters is 1. The Balaban J connectivity index is 2.49. The Hall–Kier alpha value is -1.42. The molecular formula is C14H19FO3. The van der Waals surface area contributed by atoms with Crippen LogP contribution in [0.4, 0.5) is 4.39 Å². The summed E-state index contributed by atoms with van der Waals surface area (Å²) in [5.74, 6) is -1.24. The number of ether oxygens (including phenoxy) is 2. The van der Waals surface area contributed by atoms with Gasteiger partial charge in [0.15, 0.2) is 0 Å². The SMILES string of the molecule is CCCCCOCc1ccc(C(=O)OC)c(F)c1. The van der Waals surface area contributed by atoms with Gasteiger partial charge in [-0.25, -0.2) is 9.18 Å². The van der Waals surface area contributed by atoms with E-state index < -0.39 is 11.8 Å². The number of methoxy groups -OCH3 is 1. The highest BCUT2D eigenvalue weighted by Crippen LogP contribution is 2.12. The largest absolute Gasteiger partial charge is 0.465 e. The zero-order chi connectivity index (χ0) is 13.4. The summed E-state index contributed by atoms with van der Waals surface area (Å²) in [6.45, 7) is 3.16. The molecule has 0 radical (unpaired) electrons. The van der Waals surface area contributed by atoms with Crippen molar-refractivity contribution in [3.63, 3.8) is 0 Å². The number of hydrogen-bond donors (Lipinski definition) is 0. The van der Waals surface area contributed by atoms with Crippen LogP contribution in [0, 0.1) is 5.82 Å². The second-order valence-electron chi connectivity index (χ2n) is 4.07. The highest BCUT2D eigenvalue weighted by molar-refractivity contribution is 5.89. The summed E-state index contributed by atoms with van der Waals surface area (Å²) in [4.78, 5) is 11.2. The molecule has 1 aromatic rings. The van der Waals surface area contributed by atoms with E-state index in [1.54, 1.807) is 6.07 Å². The first-order valence-electron chi connectivity index (χ1n) is 6.13. The van der Waals surface area contributed by atoms with Gasteiger partial charge >= 0.3 is 5.97 Å². The Bertz CT molecular complexity index is 391. The third-order valence-electron chi connectivity index (χ3n) is 2.60. The van der Waals surface area contributed by atoms with Crippen molar-refractivity contribution in [2.24, 2.45) is 0 Å². The summed E-state index contributed by atoms with van der Waals surface area (Å²) < 4.78 is 23.5. The zero-order valence-corrected chi connectivity index (χ0v) is 10.9. The molecule has 0 amide bonds. The fraction of sp³-hybridized carbons (Fsp3) is 0.500. The quantitative estimate of drug-likeness (QED) is 0.553. The third kappa shape index (κ3) is 4.45. The number of hydrogen-bond acceptors (Lipinski definition) is 3. The van der Waals surface area contributed by atoms with Gasteiger partial charge in [-0.05, 0) is 24.1 Å². The average molecular weight is 254 g/mol. The van der Waals surface area contributed by atoms with E-state index in [0.717, 1.165) is 24.8 Å². The van der Waals surface area contributed by atoms with Crippen molar-refractivity contribution in [1.29, 1.82) is 0 Å². The molecule has 18 heavy (non-hydrogen) atoms. The minimum Gasteiger partial charge on any atom is -0.465 e. The maximum Gasteiger partial charge on any atom is 0.340 e. The summed E-state index contributed by atoms with van der Waals surface area (Å²) in [5.41, 5.74) is 0.670. The van der Waals surface area contributed by atoms with Gasteiger partial charge in [-0.2, -0.15) is 0 Å². The molecule has 0 spiro atoms. The maximum atomic E-state index is 13.6. The minimum atomic E-state index is -0.664. The summed E-state index contributed by atoms with van der Waals surface area (Å²) >= 11 is 0. The smallest absolute Gasteiger partial charge is 0.340 e. The van der Waals surface area contributed by atoms with Gasteiger partial charge in [0, 0.05) is 6.61 Å². The van der Waals surface area contributed by atoms with Crippen LogP contribution >= 0.6 is 0 Å². The van der Waals surface area contributed by atoms with E-state index in [2.05, 4.69) is 11.7 Å². The Morgan fingerprint density at radius 2 is 2.11 bits per heavy atom. The first-order chi connectivity index (χ1) is 8.69. The van der Waals surface area contributed by atoms with Crippen LogP contribution in [-0.2, 0) is 16.1 Å². The van der Waals surface area contributed by atoms with Crippen LogP contribution in [-0.4, -0.2) is 19.7 Å². The van der Waals surface area contributed by atoms with Gasteiger partial charge in [0.1, 0.15) is 5.82 Å². The number of halogens is 1. The van der Waals surface area contributed by atoms with Gasteiger partial charge in [-0.15, -0.1) is 0 Å². The lowest BCUT2D eigenvalue weighted by Gasteiger charge is -2.06. The predicted molar refractivity (Wildman–Crippen MR) is 66.9 cm³/mol. The predicted octanol–water partition coefficient (Wildman–Crippen LogP) is 3.32. The lowest BCUT2D eigenvalue weighted by molar-refractivity contribution is 0.0595. The number of unbranched alkanes of at least 4 members (excludes halogenated alkanes) is 2. The normalized spacial score (nSPS) is 10.4. The average Bonchev–Trinajstić information content (AvgIpc) is 2.38. The third-order valence-corrected chi connectivity index (χ3v) is 2.60. The van der Waals surface area contributed by atoms with Crippen molar-refractivity contribution >= 4 is 5.97 Å². The van der Waals surface area contributed by atoms with Gasteiger partial charge in [0.05, 0.1) is 19.3 Å². The van der Waals surface area contributed by atoms with E-state index in [9.17, 15) is 9.18 Å². The first-order valence-corrected chi connectivity index (χ1v) is 6.13. The topological polar surface area (TPSA) is 35.5 Å². The van der Waals surface area contributed by atoms with E-state index in [-0.39, 0.29) is 5.56 Å². The Morgan fingerprint density at radius 1 is 1.33 bits per heavy atom. The molecule has 0 bridgehead atoms. The standard InChI is InChI=1S/C14H19FO3/c1-3-4-5-8-18-10-11-6-7-12(13(15)9-11)14(16)17-2/h6-7,9H,3-5,8,10H2,1-2H3. The lowest BCUT2D eigenvalue weighted by Crippen LogP contribution is -2.05. The van der Waals surface area contributed by atoms with Gasteiger partial charge in [-0.3, -0.25) is 0 Å². The lowest BCUT2D eigenvalue weighted by atomic mass is 10.1. The van der Waals surface area contributed by atoms with Crippen LogP contribution in [0.1, 0.15) is 42.1 Å². The molecule has 0 saturated carbocycles. The Kier molecular flexibility index (Phi) is 6.36. The van der Waals surface area contributed by atoms with Crippen LogP contribution in [0.15, 0.2) is 18.2 Å². The van der Waals surface area contributed by atoms with Crippen molar-refractivity contribution < 1.29 is 18.7 Å². The summed E-state index contributed by atoms with van der Waals surface area (Å²) in [6, 6.07) is 4.41. The summed E-state index contributed by atoms with van der Waals surface area (Å²) in [7, 11) is 1.23. The van der Waals surface area contributed by atoms with Crippen molar-refractivity contribution in [3.8, 4) is 0 Å². The van der Waals surface area contributed by atoms with Crippen LogP contribution in [0.2, 0.25) is 0 Å². The molecule has 0 unspecified atom stereocenters. The van der Waals surface area contributed by atoms with Crippen LogP contribution in [0.5, 0.6) is 0 Å². The number of rotatable bonds is 7. The second-order valence-corrected chi connectivity index (χ2v) is 4.07. The van der Waals surface area contributed by atoms with E-state index in [1.165, 1.54) is 19.2 Å². The molecular weight excluding hydrogens is 235 g/mol. The van der Waals surface area contributed by atoms with Crippen molar-refractivity contribution in [1.82, 2.24) is 0 Å². The molecule has 0 N–H and O–H groups in total. The second kappa shape index (κ2) is 7.82. The molecule has 0 saturated heterocycles. The van der Waals surface area contributed by atoms with Crippen molar-refractivity contribution in [3.05, 3.63) is 35.1 Å². The van der Waals surface area contributed by atoms with Crippen LogP contribution in [0.25, 0.3) is 0 Å². The number of carbonyl (C=O) groups excluding carboxylic acids is 1. The highest BCUT2D eigenvalue weighted by Gasteiger charge is 2.12. The Labute approximate surface area is 107 Å². The fourth-order valence-electron chi connectivity index (χ4n) is 1.57. The summed E-state index contributed by atoms with van der Waals surface area (Å²) in [5, 5.41) is 0. The van der Waals surface area contributed by atoms with Crippen LogP contribution < -0.4 is 0 Å². The van der Waals surface area contributed by atoms with Crippen molar-refractivity contribution in [2.45, 2.75) is 32.8 Å². The molecule has 1 rings (SSSR count). The monoisotopic (exact) mass is 254 g/mol. The highest BCUT2D eigenvalue weighted by atomic mass is 19.1. The van der Waals surface area contributed by atoms with Gasteiger partial charge in [-0.1, -0.05) is 25.8 Å². The molecule has 100 valence electrons. The molecule has 1 aromatic carbocycles. The molecule has 0 fully saturated rings. The molecule has 3 nitrogen and oxygen atoms in total. The van der Waals surface area contributed by atoms with E-state index >= 15 is 0 Å².